The highest BCUT2D eigenvalue weighted by Crippen LogP contribution is 2.24. The van der Waals surface area contributed by atoms with E-state index in [-0.39, 0.29) is 28.9 Å². The van der Waals surface area contributed by atoms with Crippen LogP contribution in [-0.4, -0.2) is 33.9 Å². The number of hydrogen-bond acceptors (Lipinski definition) is 6. The summed E-state index contributed by atoms with van der Waals surface area (Å²) in [6.07, 6.45) is 1.97. The molecule has 174 valence electrons. The smallest absolute Gasteiger partial charge is 0.286 e. The molecule has 2 amide bonds. The summed E-state index contributed by atoms with van der Waals surface area (Å²) in [7, 11) is -2.35. The summed E-state index contributed by atoms with van der Waals surface area (Å²) in [5.41, 5.74) is 1.29. The van der Waals surface area contributed by atoms with Gasteiger partial charge in [0.25, 0.3) is 15.9 Å². The van der Waals surface area contributed by atoms with Gasteiger partial charge in [0, 0.05) is 24.3 Å². The van der Waals surface area contributed by atoms with Gasteiger partial charge < -0.3 is 19.8 Å². The minimum absolute atomic E-state index is 0.0572. The molecule has 9 nitrogen and oxygen atoms in total. The van der Waals surface area contributed by atoms with Crippen LogP contribution in [0.3, 0.4) is 0 Å². The largest absolute Gasteiger partial charge is 0.497 e. The van der Waals surface area contributed by atoms with E-state index in [0.717, 1.165) is 0 Å². The minimum atomic E-state index is -3.87. The number of benzene rings is 2. The quantitative estimate of drug-likeness (QED) is 0.388. The van der Waals surface area contributed by atoms with Crippen molar-refractivity contribution in [1.29, 1.82) is 0 Å². The van der Waals surface area contributed by atoms with Crippen LogP contribution >= 0.6 is 0 Å². The predicted octanol–water partition coefficient (Wildman–Crippen LogP) is 3.55. The van der Waals surface area contributed by atoms with Crippen LogP contribution in [-0.2, 0) is 14.8 Å². The first-order chi connectivity index (χ1) is 15.8. The van der Waals surface area contributed by atoms with Crippen LogP contribution in [0.2, 0.25) is 0 Å². The Bertz CT molecular complexity index is 1210. The average molecular weight is 472 g/mol. The zero-order chi connectivity index (χ0) is 23.8. The van der Waals surface area contributed by atoms with Gasteiger partial charge in [-0.25, -0.2) is 8.42 Å². The monoisotopic (exact) mass is 471 g/mol. The summed E-state index contributed by atoms with van der Waals surface area (Å²) < 4.78 is 38.4. The van der Waals surface area contributed by atoms with Crippen LogP contribution in [0.5, 0.6) is 5.75 Å². The molecular weight excluding hydrogens is 446 g/mol. The molecule has 0 aliphatic carbocycles. The van der Waals surface area contributed by atoms with E-state index in [0.29, 0.717) is 35.7 Å². The highest BCUT2D eigenvalue weighted by molar-refractivity contribution is 7.92. The number of nitrogens with one attached hydrogen (secondary N) is 3. The molecular formula is C23H25N3O6S. The fourth-order valence-electron chi connectivity index (χ4n) is 3.01. The van der Waals surface area contributed by atoms with Gasteiger partial charge in [-0.2, -0.15) is 0 Å². The Balaban J connectivity index is 1.57. The van der Waals surface area contributed by atoms with Gasteiger partial charge in [0.05, 0.1) is 18.3 Å². The molecule has 10 heteroatoms. The van der Waals surface area contributed by atoms with Gasteiger partial charge in [-0.3, -0.25) is 14.3 Å². The molecule has 3 aromatic rings. The van der Waals surface area contributed by atoms with Crippen molar-refractivity contribution in [3.05, 3.63) is 72.2 Å². The molecule has 0 saturated heterocycles. The summed E-state index contributed by atoms with van der Waals surface area (Å²) in [5, 5.41) is 5.36. The second-order valence-corrected chi connectivity index (χ2v) is 8.85. The standard InChI is InChI=1S/C23H25N3O6S/c1-16-7-8-18(25-22(27)6-3-13-24-23(28)20-5-4-14-32-20)15-21(16)33(29,30)26-17-9-11-19(31-2)12-10-17/h4-5,7-12,14-15,26H,3,6,13H2,1-2H3,(H,24,28)(H,25,27). The third-order valence-electron chi connectivity index (χ3n) is 4.71. The van der Waals surface area contributed by atoms with E-state index in [1.165, 1.54) is 19.4 Å². The van der Waals surface area contributed by atoms with Gasteiger partial charge in [-0.1, -0.05) is 6.07 Å². The first-order valence-corrected chi connectivity index (χ1v) is 11.7. The van der Waals surface area contributed by atoms with Crippen LogP contribution in [0.25, 0.3) is 0 Å². The molecule has 1 aromatic heterocycles. The first kappa shape index (κ1) is 23.9. The summed E-state index contributed by atoms with van der Waals surface area (Å²) >= 11 is 0. The van der Waals surface area contributed by atoms with Gasteiger partial charge in [-0.15, -0.1) is 0 Å². The number of carbonyl (C=O) groups excluding carboxylic acids is 2. The summed E-state index contributed by atoms with van der Waals surface area (Å²) in [6.45, 7) is 1.97. The van der Waals surface area contributed by atoms with E-state index in [1.54, 1.807) is 55.5 Å². The fraction of sp³-hybridized carbons (Fsp3) is 0.217. The molecule has 0 atom stereocenters. The lowest BCUT2D eigenvalue weighted by atomic mass is 10.2. The lowest BCUT2D eigenvalue weighted by molar-refractivity contribution is -0.116. The molecule has 0 aliphatic heterocycles. The zero-order valence-corrected chi connectivity index (χ0v) is 19.1. The number of aryl methyl sites for hydroxylation is 1. The maximum absolute atomic E-state index is 12.9. The Morgan fingerprint density at radius 1 is 1.03 bits per heavy atom. The van der Waals surface area contributed by atoms with Crippen LogP contribution in [0.1, 0.15) is 29.0 Å². The fourth-order valence-corrected chi connectivity index (χ4v) is 4.34. The van der Waals surface area contributed by atoms with Gasteiger partial charge in [0.2, 0.25) is 5.91 Å². The van der Waals surface area contributed by atoms with E-state index < -0.39 is 10.0 Å². The van der Waals surface area contributed by atoms with Crippen molar-refractivity contribution in [3.8, 4) is 5.75 Å². The number of furan rings is 1. The number of hydrogen-bond donors (Lipinski definition) is 3. The average Bonchev–Trinajstić information content (AvgIpc) is 3.33. The molecule has 0 aliphatic rings. The van der Waals surface area contributed by atoms with Crippen molar-refractivity contribution in [2.45, 2.75) is 24.7 Å². The number of sulfonamides is 1. The van der Waals surface area contributed by atoms with Crippen molar-refractivity contribution in [2.75, 3.05) is 23.7 Å². The number of methoxy groups -OCH3 is 1. The number of rotatable bonds is 10. The van der Waals surface area contributed by atoms with Crippen molar-refractivity contribution in [3.63, 3.8) is 0 Å². The molecule has 0 radical (unpaired) electrons. The predicted molar refractivity (Wildman–Crippen MR) is 124 cm³/mol. The molecule has 2 aromatic carbocycles. The van der Waals surface area contributed by atoms with E-state index in [4.69, 9.17) is 9.15 Å². The zero-order valence-electron chi connectivity index (χ0n) is 18.3. The molecule has 0 spiro atoms. The van der Waals surface area contributed by atoms with Gasteiger partial charge in [0.15, 0.2) is 5.76 Å². The Hall–Kier alpha value is -3.79. The van der Waals surface area contributed by atoms with Crippen molar-refractivity contribution < 1.29 is 27.2 Å². The van der Waals surface area contributed by atoms with Crippen LogP contribution in [0.15, 0.2) is 70.2 Å². The molecule has 1 heterocycles. The van der Waals surface area contributed by atoms with Crippen LogP contribution in [0.4, 0.5) is 11.4 Å². The Morgan fingerprint density at radius 2 is 1.76 bits per heavy atom. The van der Waals surface area contributed by atoms with Gasteiger partial charge in [-0.05, 0) is 67.4 Å². The Labute approximate surface area is 192 Å². The topological polar surface area (TPSA) is 127 Å². The first-order valence-electron chi connectivity index (χ1n) is 10.2. The van der Waals surface area contributed by atoms with E-state index in [1.807, 2.05) is 0 Å². The molecule has 0 bridgehead atoms. The summed E-state index contributed by atoms with van der Waals surface area (Å²) in [4.78, 5) is 24.1. The van der Waals surface area contributed by atoms with Crippen LogP contribution in [0, 0.1) is 6.92 Å². The van der Waals surface area contributed by atoms with Gasteiger partial charge >= 0.3 is 0 Å². The SMILES string of the molecule is COc1ccc(NS(=O)(=O)c2cc(NC(=O)CCCNC(=O)c3ccco3)ccc2C)cc1. The number of anilines is 2. The van der Waals surface area contributed by atoms with Crippen LogP contribution < -0.4 is 20.1 Å². The molecule has 0 fully saturated rings. The highest BCUT2D eigenvalue weighted by Gasteiger charge is 2.18. The highest BCUT2D eigenvalue weighted by atomic mass is 32.2. The third-order valence-corrected chi connectivity index (χ3v) is 6.24. The van der Waals surface area contributed by atoms with E-state index in [2.05, 4.69) is 15.4 Å². The number of carbonyl (C=O) groups is 2. The summed E-state index contributed by atoms with van der Waals surface area (Å²) in [5.74, 6) is 0.172. The lowest BCUT2D eigenvalue weighted by Crippen LogP contribution is -2.25. The minimum Gasteiger partial charge on any atom is -0.497 e. The number of ether oxygens (including phenoxy) is 1. The summed E-state index contributed by atoms with van der Waals surface area (Å²) in [6, 6.07) is 14.3. The van der Waals surface area contributed by atoms with Crippen molar-refractivity contribution in [2.24, 2.45) is 0 Å². The van der Waals surface area contributed by atoms with Crippen molar-refractivity contribution >= 4 is 33.2 Å². The maximum atomic E-state index is 12.9. The Morgan fingerprint density at radius 3 is 2.42 bits per heavy atom. The van der Waals surface area contributed by atoms with E-state index in [9.17, 15) is 18.0 Å². The Kier molecular flexibility index (Phi) is 7.73. The molecule has 33 heavy (non-hydrogen) atoms. The second-order valence-electron chi connectivity index (χ2n) is 7.20. The second kappa shape index (κ2) is 10.7. The lowest BCUT2D eigenvalue weighted by Gasteiger charge is -2.13. The van der Waals surface area contributed by atoms with E-state index >= 15 is 0 Å². The molecule has 3 N–H and O–H groups in total. The van der Waals surface area contributed by atoms with Gasteiger partial charge in [0.1, 0.15) is 5.75 Å². The molecule has 0 unspecified atom stereocenters. The molecule has 3 rings (SSSR count). The number of amides is 2. The third kappa shape index (κ3) is 6.59. The van der Waals surface area contributed by atoms with Crippen molar-refractivity contribution in [1.82, 2.24) is 5.32 Å². The normalized spacial score (nSPS) is 11.0. The maximum Gasteiger partial charge on any atom is 0.286 e. The molecule has 0 saturated carbocycles.